The number of amides is 1. The number of ether oxygens (including phenoxy) is 1. The number of nitrogens with zero attached hydrogens (tertiary/aromatic N) is 1. The number of aliphatic carboxylic acids is 1. The molecule has 1 amide bonds. The highest BCUT2D eigenvalue weighted by Crippen LogP contribution is 2.40. The molecule has 0 radical (unpaired) electrons. The lowest BCUT2D eigenvalue weighted by atomic mass is 9.80. The summed E-state index contributed by atoms with van der Waals surface area (Å²) in [6.07, 6.45) is 2.93. The van der Waals surface area contributed by atoms with E-state index in [2.05, 4.69) is 10.3 Å². The van der Waals surface area contributed by atoms with Gasteiger partial charge in [-0.3, -0.25) is 14.6 Å². The Labute approximate surface area is 161 Å². The minimum absolute atomic E-state index is 0.0771. The first-order valence-corrected chi connectivity index (χ1v) is 9.56. The fourth-order valence-electron chi connectivity index (χ4n) is 3.57. The SMILES string of the molecule is O=C(NCC1(C(=O)O)CCOCC1)c1cc(C2CC2)nc2ccc(Cl)cc12. The van der Waals surface area contributed by atoms with Gasteiger partial charge in [-0.2, -0.15) is 0 Å². The van der Waals surface area contributed by atoms with Crippen molar-refractivity contribution in [2.24, 2.45) is 5.41 Å². The Bertz CT molecular complexity index is 904. The fourth-order valence-corrected chi connectivity index (χ4v) is 3.74. The summed E-state index contributed by atoms with van der Waals surface area (Å²) in [5, 5.41) is 13.7. The van der Waals surface area contributed by atoms with Crippen LogP contribution in [0.25, 0.3) is 10.9 Å². The van der Waals surface area contributed by atoms with Gasteiger partial charge in [-0.25, -0.2) is 0 Å². The number of benzene rings is 1. The predicted octanol–water partition coefficient (Wildman–Crippen LogP) is 3.38. The van der Waals surface area contributed by atoms with Crippen LogP contribution in [-0.4, -0.2) is 41.7 Å². The van der Waals surface area contributed by atoms with Crippen molar-refractivity contribution in [3.8, 4) is 0 Å². The highest BCUT2D eigenvalue weighted by atomic mass is 35.5. The van der Waals surface area contributed by atoms with Gasteiger partial charge in [0.25, 0.3) is 5.91 Å². The molecule has 2 N–H and O–H groups in total. The normalized spacial score (nSPS) is 19.0. The largest absolute Gasteiger partial charge is 0.481 e. The monoisotopic (exact) mass is 388 g/mol. The maximum Gasteiger partial charge on any atom is 0.311 e. The topological polar surface area (TPSA) is 88.5 Å². The lowest BCUT2D eigenvalue weighted by molar-refractivity contribution is -0.154. The summed E-state index contributed by atoms with van der Waals surface area (Å²) < 4.78 is 5.29. The lowest BCUT2D eigenvalue weighted by Gasteiger charge is -2.33. The molecule has 2 aromatic rings. The summed E-state index contributed by atoms with van der Waals surface area (Å²) in [7, 11) is 0. The number of carboxylic acid groups (broad SMARTS) is 1. The number of hydrogen-bond acceptors (Lipinski definition) is 4. The second-order valence-electron chi connectivity index (χ2n) is 7.41. The van der Waals surface area contributed by atoms with E-state index >= 15 is 0 Å². The van der Waals surface area contributed by atoms with Crippen LogP contribution in [0, 0.1) is 5.41 Å². The summed E-state index contributed by atoms with van der Waals surface area (Å²) in [5.41, 5.74) is 1.16. The Hall–Kier alpha value is -2.18. The highest BCUT2D eigenvalue weighted by Gasteiger charge is 2.40. The van der Waals surface area contributed by atoms with Gasteiger partial charge in [-0.05, 0) is 49.9 Å². The van der Waals surface area contributed by atoms with Crippen LogP contribution in [0.1, 0.15) is 47.7 Å². The van der Waals surface area contributed by atoms with Crippen LogP contribution in [-0.2, 0) is 9.53 Å². The molecule has 2 heterocycles. The number of carbonyl (C=O) groups excluding carboxylic acids is 1. The van der Waals surface area contributed by atoms with Crippen molar-refractivity contribution in [3.63, 3.8) is 0 Å². The number of carbonyl (C=O) groups is 2. The molecule has 0 unspecified atom stereocenters. The maximum atomic E-state index is 13.0. The van der Waals surface area contributed by atoms with Gasteiger partial charge in [0.2, 0.25) is 0 Å². The Morgan fingerprint density at radius 1 is 1.26 bits per heavy atom. The van der Waals surface area contributed by atoms with Gasteiger partial charge in [0, 0.05) is 41.8 Å². The zero-order valence-electron chi connectivity index (χ0n) is 14.8. The molecular weight excluding hydrogens is 368 g/mol. The van der Waals surface area contributed by atoms with Crippen LogP contribution in [0.5, 0.6) is 0 Å². The molecule has 0 bridgehead atoms. The molecule has 1 aromatic carbocycles. The molecule has 4 rings (SSSR count). The first-order chi connectivity index (χ1) is 13.0. The molecule has 142 valence electrons. The molecule has 0 atom stereocenters. The minimum Gasteiger partial charge on any atom is -0.481 e. The van der Waals surface area contributed by atoms with Crippen molar-refractivity contribution >= 4 is 34.4 Å². The van der Waals surface area contributed by atoms with Crippen molar-refractivity contribution in [2.75, 3.05) is 19.8 Å². The third kappa shape index (κ3) is 3.64. The second kappa shape index (κ2) is 7.09. The number of rotatable bonds is 5. The molecule has 6 nitrogen and oxygen atoms in total. The van der Waals surface area contributed by atoms with Crippen LogP contribution in [0.15, 0.2) is 24.3 Å². The van der Waals surface area contributed by atoms with E-state index in [1.807, 2.05) is 12.1 Å². The quantitative estimate of drug-likeness (QED) is 0.819. The van der Waals surface area contributed by atoms with E-state index in [9.17, 15) is 14.7 Å². The van der Waals surface area contributed by atoms with Crippen LogP contribution in [0.2, 0.25) is 5.02 Å². The molecule has 2 aliphatic rings. The van der Waals surface area contributed by atoms with Gasteiger partial charge in [0.1, 0.15) is 0 Å². The van der Waals surface area contributed by atoms with E-state index in [1.54, 1.807) is 12.1 Å². The molecule has 1 saturated carbocycles. The molecule has 1 aromatic heterocycles. The number of hydrogen-bond donors (Lipinski definition) is 2. The number of nitrogens with one attached hydrogen (secondary N) is 1. The van der Waals surface area contributed by atoms with Gasteiger partial charge in [0.15, 0.2) is 0 Å². The molecule has 2 fully saturated rings. The number of carboxylic acids is 1. The summed E-state index contributed by atoms with van der Waals surface area (Å²) in [6, 6.07) is 7.13. The van der Waals surface area contributed by atoms with Crippen molar-refractivity contribution in [1.82, 2.24) is 10.3 Å². The maximum absolute atomic E-state index is 13.0. The zero-order valence-corrected chi connectivity index (χ0v) is 15.6. The highest BCUT2D eigenvalue weighted by molar-refractivity contribution is 6.31. The van der Waals surface area contributed by atoms with E-state index in [0.717, 1.165) is 24.1 Å². The van der Waals surface area contributed by atoms with Gasteiger partial charge >= 0.3 is 5.97 Å². The molecule has 1 saturated heterocycles. The number of aromatic nitrogens is 1. The molecule has 27 heavy (non-hydrogen) atoms. The Kier molecular flexibility index (Phi) is 4.78. The van der Waals surface area contributed by atoms with Gasteiger partial charge < -0.3 is 15.2 Å². The molecule has 1 aliphatic carbocycles. The van der Waals surface area contributed by atoms with Crippen LogP contribution >= 0.6 is 11.6 Å². The third-order valence-corrected chi connectivity index (χ3v) is 5.76. The van der Waals surface area contributed by atoms with Gasteiger partial charge in [-0.1, -0.05) is 11.6 Å². The standard InChI is InChI=1S/C20H21ClN2O4/c21-13-3-4-16-14(9-13)15(10-17(23-16)12-1-2-12)18(24)22-11-20(19(25)26)5-7-27-8-6-20/h3-4,9-10,12H,1-2,5-8,11H2,(H,22,24)(H,25,26). The lowest BCUT2D eigenvalue weighted by Crippen LogP contribution is -2.46. The summed E-state index contributed by atoms with van der Waals surface area (Å²) in [4.78, 5) is 29.4. The van der Waals surface area contributed by atoms with E-state index in [4.69, 9.17) is 16.3 Å². The van der Waals surface area contributed by atoms with Crippen molar-refractivity contribution < 1.29 is 19.4 Å². The Morgan fingerprint density at radius 2 is 2.00 bits per heavy atom. The van der Waals surface area contributed by atoms with Crippen molar-refractivity contribution in [1.29, 1.82) is 0 Å². The molecular formula is C20H21ClN2O4. The van der Waals surface area contributed by atoms with E-state index in [1.165, 1.54) is 0 Å². The number of halogens is 1. The number of pyridine rings is 1. The van der Waals surface area contributed by atoms with Crippen LogP contribution < -0.4 is 5.32 Å². The molecule has 1 aliphatic heterocycles. The van der Waals surface area contributed by atoms with Crippen molar-refractivity contribution in [3.05, 3.63) is 40.5 Å². The predicted molar refractivity (Wildman–Crippen MR) is 101 cm³/mol. The van der Waals surface area contributed by atoms with Crippen LogP contribution in [0.4, 0.5) is 0 Å². The van der Waals surface area contributed by atoms with E-state index in [-0.39, 0.29) is 12.5 Å². The van der Waals surface area contributed by atoms with Crippen LogP contribution in [0.3, 0.4) is 0 Å². The fraction of sp³-hybridized carbons (Fsp3) is 0.450. The average Bonchev–Trinajstić information content (AvgIpc) is 3.51. The van der Waals surface area contributed by atoms with E-state index in [0.29, 0.717) is 47.9 Å². The zero-order chi connectivity index (χ0) is 19.0. The minimum atomic E-state index is -0.978. The first kappa shape index (κ1) is 18.2. The van der Waals surface area contributed by atoms with Crippen molar-refractivity contribution in [2.45, 2.75) is 31.6 Å². The van der Waals surface area contributed by atoms with Gasteiger partial charge in [0.05, 0.1) is 16.5 Å². The summed E-state index contributed by atoms with van der Waals surface area (Å²) in [5.74, 6) is -0.788. The van der Waals surface area contributed by atoms with Gasteiger partial charge in [-0.15, -0.1) is 0 Å². The number of fused-ring (bicyclic) bond motifs is 1. The van der Waals surface area contributed by atoms with E-state index < -0.39 is 11.4 Å². The summed E-state index contributed by atoms with van der Waals surface area (Å²) >= 11 is 6.12. The molecule has 0 spiro atoms. The first-order valence-electron chi connectivity index (χ1n) is 9.18. The smallest absolute Gasteiger partial charge is 0.311 e. The molecule has 7 heteroatoms. The Morgan fingerprint density at radius 3 is 2.67 bits per heavy atom. The average molecular weight is 389 g/mol. The third-order valence-electron chi connectivity index (χ3n) is 5.52. The summed E-state index contributed by atoms with van der Waals surface area (Å²) in [6.45, 7) is 0.858. The second-order valence-corrected chi connectivity index (χ2v) is 7.85. The Balaban J connectivity index is 1.63.